The first-order valence-electron chi connectivity index (χ1n) is 35.7. The first kappa shape index (κ1) is 62.0. The molecule has 102 heavy (non-hydrogen) atoms. The molecule has 0 spiro atoms. The molecule has 16 aromatic rings. The van der Waals surface area contributed by atoms with Crippen molar-refractivity contribution in [2.75, 3.05) is 9.80 Å². The van der Waals surface area contributed by atoms with E-state index in [1.807, 2.05) is 6.07 Å². The lowest BCUT2D eigenvalue weighted by Gasteiger charge is -2.45. The monoisotopic (exact) mass is 1310 g/mol. The van der Waals surface area contributed by atoms with Crippen molar-refractivity contribution in [2.24, 2.45) is 0 Å². The van der Waals surface area contributed by atoms with Crippen molar-refractivity contribution < 1.29 is 0 Å². The summed E-state index contributed by atoms with van der Waals surface area (Å²) in [6.45, 7) is 17.9. The second kappa shape index (κ2) is 24.0. The average molecular weight is 1310 g/mol. The van der Waals surface area contributed by atoms with E-state index >= 15 is 0 Å². The minimum atomic E-state index is -0.295. The van der Waals surface area contributed by atoms with Gasteiger partial charge in [0.15, 0.2) is 0 Å². The third-order valence-electron chi connectivity index (χ3n) is 21.4. The van der Waals surface area contributed by atoms with Crippen molar-refractivity contribution >= 4 is 101 Å². The molecule has 2 aliphatic heterocycles. The molecule has 0 bridgehead atoms. The molecule has 6 nitrogen and oxygen atoms in total. The fourth-order valence-corrected chi connectivity index (χ4v) is 16.2. The van der Waals surface area contributed by atoms with E-state index in [1.165, 1.54) is 38.4 Å². The quantitative estimate of drug-likeness (QED) is 0.128. The van der Waals surface area contributed by atoms with Gasteiger partial charge in [-0.05, 0) is 186 Å². The maximum Gasteiger partial charge on any atom is 0.252 e. The maximum absolute atomic E-state index is 10.4. The molecule has 0 saturated heterocycles. The van der Waals surface area contributed by atoms with Gasteiger partial charge in [-0.25, -0.2) is 4.98 Å². The number of rotatable bonds is 10. The molecule has 0 amide bonds. The molecule has 0 aliphatic carbocycles. The minimum Gasteiger partial charge on any atom is -0.311 e. The molecule has 0 atom stereocenters. The summed E-state index contributed by atoms with van der Waals surface area (Å²) < 4.78 is 4.82. The minimum absolute atomic E-state index is 0.104. The van der Waals surface area contributed by atoms with E-state index in [0.717, 1.165) is 140 Å². The normalized spacial score (nSPS) is 12.7. The van der Waals surface area contributed by atoms with Crippen LogP contribution in [0.3, 0.4) is 0 Å². The van der Waals surface area contributed by atoms with Crippen LogP contribution in [0.4, 0.5) is 34.1 Å². The van der Waals surface area contributed by atoms with Crippen LogP contribution in [0.25, 0.3) is 111 Å². The van der Waals surface area contributed by atoms with E-state index in [2.05, 4.69) is 378 Å². The zero-order valence-electron chi connectivity index (χ0n) is 58.7. The highest BCUT2D eigenvalue weighted by Gasteiger charge is 2.45. The maximum atomic E-state index is 10.4. The second-order valence-corrected chi connectivity index (χ2v) is 30.1. The SMILES string of the molecule is CC(C)c1ccc(-c2cc(-c3ccc4c(c3)B3c5cc(-c6ccccc6)ccc5N(c5ccc(C(C)(C)C)cc5-c5ccccc5)c5cc(-n6c7ccccc7c7ccccc76)cc(c53)N4c3ccccc3-c3ccccc3)nc(-n3c4ccc(C#N)cc4c4cc(C(C)(C)C)ccc43)c2)cc1. The highest BCUT2D eigenvalue weighted by atomic mass is 15.2. The predicted octanol–water partition coefficient (Wildman–Crippen LogP) is 23.3. The molecule has 0 fully saturated rings. The van der Waals surface area contributed by atoms with Crippen molar-refractivity contribution in [3.63, 3.8) is 0 Å². The Morgan fingerprint density at radius 3 is 1.45 bits per heavy atom. The summed E-state index contributed by atoms with van der Waals surface area (Å²) in [5.41, 5.74) is 30.5. The number of para-hydroxylation sites is 3. The van der Waals surface area contributed by atoms with E-state index in [1.54, 1.807) is 0 Å². The molecular formula is C95H75BN6. The van der Waals surface area contributed by atoms with E-state index in [4.69, 9.17) is 4.98 Å². The van der Waals surface area contributed by atoms with Gasteiger partial charge in [-0.1, -0.05) is 262 Å². The summed E-state index contributed by atoms with van der Waals surface area (Å²) in [7, 11) is 0. The lowest BCUT2D eigenvalue weighted by molar-refractivity contribution is 0.590. The summed E-state index contributed by atoms with van der Waals surface area (Å²) in [6, 6.07) is 115. The topological polar surface area (TPSA) is 53.0 Å². The predicted molar refractivity (Wildman–Crippen MR) is 430 cm³/mol. The number of benzene rings is 13. The second-order valence-electron chi connectivity index (χ2n) is 30.1. The Morgan fingerprint density at radius 2 is 0.833 bits per heavy atom. The number of pyridine rings is 1. The Labute approximate surface area is 597 Å². The van der Waals surface area contributed by atoms with Crippen molar-refractivity contribution in [3.8, 4) is 73.3 Å². The smallest absolute Gasteiger partial charge is 0.252 e. The van der Waals surface area contributed by atoms with Gasteiger partial charge in [-0.2, -0.15) is 5.26 Å². The van der Waals surface area contributed by atoms with Gasteiger partial charge in [-0.15, -0.1) is 0 Å². The largest absolute Gasteiger partial charge is 0.311 e. The lowest BCUT2D eigenvalue weighted by atomic mass is 9.33. The van der Waals surface area contributed by atoms with Crippen LogP contribution < -0.4 is 26.2 Å². The summed E-state index contributed by atoms with van der Waals surface area (Å²) >= 11 is 0. The molecular weight excluding hydrogens is 1240 g/mol. The molecule has 488 valence electrons. The van der Waals surface area contributed by atoms with Gasteiger partial charge < -0.3 is 14.4 Å². The Morgan fingerprint density at radius 1 is 0.353 bits per heavy atom. The van der Waals surface area contributed by atoms with Crippen molar-refractivity contribution in [2.45, 2.75) is 72.1 Å². The number of nitriles is 1. The van der Waals surface area contributed by atoms with Crippen LogP contribution in [-0.4, -0.2) is 20.8 Å². The number of hydrogen-bond acceptors (Lipinski definition) is 4. The van der Waals surface area contributed by atoms with Crippen LogP contribution in [0.2, 0.25) is 0 Å². The number of fused-ring (bicyclic) bond motifs is 10. The van der Waals surface area contributed by atoms with Gasteiger partial charge in [0.2, 0.25) is 0 Å². The zero-order valence-corrected chi connectivity index (χ0v) is 58.7. The van der Waals surface area contributed by atoms with Crippen LogP contribution in [0, 0.1) is 11.3 Å². The fraction of sp³-hybridized carbons (Fsp3) is 0.116. The standard InChI is InChI=1S/C95H75BN6/c1-60(2)62-37-39-64(40-38-62)69-53-81(98-92(54-69)102-86-45-36-61(59-97)50-77(86)78-56-71(95(6,7)8)44-49-87(78)102)68-42-47-89-80(52-68)96-79-51-67(63-24-12-9-13-25-63)41-46-88(79)101(85-48-43-70(94(3,4)5)55-76(85)66-28-16-11-17-29-66)91-58-72(99-83-34-22-19-31-74(83)75-32-20-23-35-84(75)99)57-90(93(91)96)100(89)82-33-21-18-30-73(82)65-26-14-10-15-27-65/h9-58,60H,1-8H3. The van der Waals surface area contributed by atoms with Crippen LogP contribution in [0.5, 0.6) is 0 Å². The van der Waals surface area contributed by atoms with E-state index in [0.29, 0.717) is 11.5 Å². The van der Waals surface area contributed by atoms with Gasteiger partial charge >= 0.3 is 0 Å². The molecule has 18 rings (SSSR count). The molecule has 3 aromatic heterocycles. The van der Waals surface area contributed by atoms with Crippen molar-refractivity contribution in [3.05, 3.63) is 326 Å². The fourth-order valence-electron chi connectivity index (χ4n) is 16.2. The van der Waals surface area contributed by atoms with E-state index < -0.39 is 0 Å². The molecule has 0 N–H and O–H groups in total. The molecule has 7 heteroatoms. The van der Waals surface area contributed by atoms with Gasteiger partial charge in [0.1, 0.15) is 5.82 Å². The summed E-state index contributed by atoms with van der Waals surface area (Å²) in [5, 5.41) is 14.9. The van der Waals surface area contributed by atoms with Crippen molar-refractivity contribution in [1.82, 2.24) is 14.1 Å². The van der Waals surface area contributed by atoms with Crippen LogP contribution in [0.1, 0.15) is 83.6 Å². The summed E-state index contributed by atoms with van der Waals surface area (Å²) in [6.07, 6.45) is 0. The third kappa shape index (κ3) is 10.3. The Hall–Kier alpha value is -12.2. The summed E-state index contributed by atoms with van der Waals surface area (Å²) in [4.78, 5) is 11.1. The van der Waals surface area contributed by atoms with Crippen molar-refractivity contribution in [1.29, 1.82) is 5.26 Å². The molecule has 5 heterocycles. The average Bonchev–Trinajstić information content (AvgIpc) is 0.909. The molecule has 0 unspecified atom stereocenters. The highest BCUT2D eigenvalue weighted by molar-refractivity contribution is 7.00. The van der Waals surface area contributed by atoms with Crippen LogP contribution in [0.15, 0.2) is 303 Å². The van der Waals surface area contributed by atoms with Crippen LogP contribution >= 0.6 is 0 Å². The molecule has 13 aromatic carbocycles. The molecule has 0 saturated carbocycles. The summed E-state index contributed by atoms with van der Waals surface area (Å²) in [5.74, 6) is 1.17. The van der Waals surface area contributed by atoms with Gasteiger partial charge in [0, 0.05) is 55.4 Å². The first-order valence-corrected chi connectivity index (χ1v) is 35.7. The Kier molecular flexibility index (Phi) is 14.6. The third-order valence-corrected chi connectivity index (χ3v) is 21.4. The lowest BCUT2D eigenvalue weighted by Crippen LogP contribution is -2.61. The Bertz CT molecular complexity index is 6030. The van der Waals surface area contributed by atoms with Gasteiger partial charge in [-0.3, -0.25) is 4.57 Å². The number of hydrogen-bond donors (Lipinski definition) is 0. The first-order chi connectivity index (χ1) is 49.6. The highest BCUT2D eigenvalue weighted by Crippen LogP contribution is 2.51. The van der Waals surface area contributed by atoms with E-state index in [-0.39, 0.29) is 17.5 Å². The Balaban J connectivity index is 0.967. The zero-order chi connectivity index (χ0) is 69.3. The van der Waals surface area contributed by atoms with Gasteiger partial charge in [0.25, 0.3) is 6.71 Å². The molecule has 2 aliphatic rings. The number of aromatic nitrogens is 3. The molecule has 0 radical (unpaired) electrons. The number of nitrogens with zero attached hydrogens (tertiary/aromatic N) is 6. The van der Waals surface area contributed by atoms with Crippen LogP contribution in [-0.2, 0) is 10.8 Å². The van der Waals surface area contributed by atoms with Gasteiger partial charge in [0.05, 0.1) is 56.5 Å². The number of anilines is 6. The van der Waals surface area contributed by atoms with E-state index in [9.17, 15) is 5.26 Å².